The SMILES string of the molecule is Cn1cc(S(=O)(=O)N2CCCC2)cc1C(=O)Nc1cccc(OCC(F)(F)F)c1. The molecule has 0 aliphatic carbocycles. The summed E-state index contributed by atoms with van der Waals surface area (Å²) in [6.07, 6.45) is -1.51. The molecule has 1 fully saturated rings. The smallest absolute Gasteiger partial charge is 0.422 e. The zero-order valence-corrected chi connectivity index (χ0v) is 16.4. The van der Waals surface area contributed by atoms with Gasteiger partial charge < -0.3 is 14.6 Å². The van der Waals surface area contributed by atoms with E-state index in [1.54, 1.807) is 7.05 Å². The Morgan fingerprint density at radius 2 is 1.90 bits per heavy atom. The zero-order valence-electron chi connectivity index (χ0n) is 15.6. The van der Waals surface area contributed by atoms with Crippen molar-refractivity contribution in [1.82, 2.24) is 8.87 Å². The van der Waals surface area contributed by atoms with Crippen LogP contribution in [-0.2, 0) is 17.1 Å². The number of nitrogens with zero attached hydrogens (tertiary/aromatic N) is 2. The molecule has 2 aromatic rings. The minimum atomic E-state index is -4.47. The summed E-state index contributed by atoms with van der Waals surface area (Å²) in [4.78, 5) is 12.6. The van der Waals surface area contributed by atoms with Gasteiger partial charge in [0.05, 0.1) is 0 Å². The molecule has 1 N–H and O–H groups in total. The Labute approximate surface area is 166 Å². The van der Waals surface area contributed by atoms with Crippen molar-refractivity contribution >= 4 is 21.6 Å². The first kappa shape index (κ1) is 21.2. The predicted octanol–water partition coefficient (Wildman–Crippen LogP) is 3.00. The largest absolute Gasteiger partial charge is 0.484 e. The zero-order chi connectivity index (χ0) is 21.2. The molecular weight excluding hydrogens is 411 g/mol. The van der Waals surface area contributed by atoms with Crippen LogP contribution in [0.2, 0.25) is 0 Å². The Kier molecular flexibility index (Phi) is 5.90. The molecule has 158 valence electrons. The molecule has 0 atom stereocenters. The van der Waals surface area contributed by atoms with Crippen LogP contribution < -0.4 is 10.1 Å². The topological polar surface area (TPSA) is 80.6 Å². The van der Waals surface area contributed by atoms with E-state index in [4.69, 9.17) is 0 Å². The van der Waals surface area contributed by atoms with E-state index in [9.17, 15) is 26.4 Å². The standard InChI is InChI=1S/C18H20F3N3O4S/c1-23-11-15(29(26,27)24-7-2-3-8-24)10-16(23)17(25)22-13-5-4-6-14(9-13)28-12-18(19,20)21/h4-6,9-11H,2-3,7-8,12H2,1H3,(H,22,25). The summed E-state index contributed by atoms with van der Waals surface area (Å²) >= 11 is 0. The van der Waals surface area contributed by atoms with Gasteiger partial charge in [0.15, 0.2) is 6.61 Å². The lowest BCUT2D eigenvalue weighted by Crippen LogP contribution is -2.27. The number of carbonyl (C=O) groups is 1. The first-order chi connectivity index (χ1) is 13.6. The third-order valence-corrected chi connectivity index (χ3v) is 6.27. The van der Waals surface area contributed by atoms with Gasteiger partial charge in [0.1, 0.15) is 16.3 Å². The van der Waals surface area contributed by atoms with Gasteiger partial charge in [0, 0.05) is 38.1 Å². The number of ether oxygens (including phenoxy) is 1. The van der Waals surface area contributed by atoms with Crippen molar-refractivity contribution in [3.05, 3.63) is 42.2 Å². The quantitative estimate of drug-likeness (QED) is 0.763. The lowest BCUT2D eigenvalue weighted by molar-refractivity contribution is -0.153. The number of amides is 1. The molecule has 1 saturated heterocycles. The number of anilines is 1. The van der Waals surface area contributed by atoms with Gasteiger partial charge in [-0.15, -0.1) is 0 Å². The average molecular weight is 431 g/mol. The number of halogens is 3. The van der Waals surface area contributed by atoms with Crippen molar-refractivity contribution in [2.75, 3.05) is 25.0 Å². The summed E-state index contributed by atoms with van der Waals surface area (Å²) in [5.41, 5.74) is 0.323. The molecule has 29 heavy (non-hydrogen) atoms. The number of aryl methyl sites for hydroxylation is 1. The summed E-state index contributed by atoms with van der Waals surface area (Å²) in [5.74, 6) is -0.646. The van der Waals surface area contributed by atoms with Crippen molar-refractivity contribution < 1.29 is 31.1 Å². The maximum atomic E-state index is 12.7. The van der Waals surface area contributed by atoms with E-state index < -0.39 is 28.7 Å². The normalized spacial score (nSPS) is 15.4. The Morgan fingerprint density at radius 1 is 1.21 bits per heavy atom. The lowest BCUT2D eigenvalue weighted by atomic mass is 10.3. The van der Waals surface area contributed by atoms with Crippen molar-refractivity contribution in [1.29, 1.82) is 0 Å². The van der Waals surface area contributed by atoms with Crippen LogP contribution in [0.1, 0.15) is 23.3 Å². The minimum absolute atomic E-state index is 0.0225. The molecule has 0 bridgehead atoms. The maximum Gasteiger partial charge on any atom is 0.422 e. The van der Waals surface area contributed by atoms with Crippen LogP contribution in [0, 0.1) is 0 Å². The molecule has 7 nitrogen and oxygen atoms in total. The Morgan fingerprint density at radius 3 is 2.55 bits per heavy atom. The summed E-state index contributed by atoms with van der Waals surface area (Å²) < 4.78 is 69.6. The molecule has 2 heterocycles. The van der Waals surface area contributed by atoms with Crippen LogP contribution in [0.3, 0.4) is 0 Å². The lowest BCUT2D eigenvalue weighted by Gasteiger charge is -2.13. The molecule has 1 amide bonds. The second-order valence-corrected chi connectivity index (χ2v) is 8.61. The highest BCUT2D eigenvalue weighted by Gasteiger charge is 2.30. The van der Waals surface area contributed by atoms with Crippen LogP contribution >= 0.6 is 0 Å². The number of rotatable bonds is 6. The third-order valence-electron chi connectivity index (χ3n) is 4.41. The van der Waals surface area contributed by atoms with E-state index in [1.807, 2.05) is 0 Å². The first-order valence-electron chi connectivity index (χ1n) is 8.84. The van der Waals surface area contributed by atoms with Gasteiger partial charge >= 0.3 is 6.18 Å². The van der Waals surface area contributed by atoms with Gasteiger partial charge in [-0.05, 0) is 31.0 Å². The number of hydrogen-bond donors (Lipinski definition) is 1. The molecule has 0 saturated carbocycles. The van der Waals surface area contributed by atoms with Gasteiger partial charge in [0.2, 0.25) is 10.0 Å². The molecule has 3 rings (SSSR count). The number of alkyl halides is 3. The highest BCUT2D eigenvalue weighted by Crippen LogP contribution is 2.24. The van der Waals surface area contributed by atoms with Gasteiger partial charge in [-0.3, -0.25) is 4.79 Å². The van der Waals surface area contributed by atoms with E-state index in [0.717, 1.165) is 12.8 Å². The molecule has 1 aliphatic heterocycles. The molecule has 0 radical (unpaired) electrons. The number of carbonyl (C=O) groups excluding carboxylic acids is 1. The second kappa shape index (κ2) is 8.07. The fraction of sp³-hybridized carbons (Fsp3) is 0.389. The van der Waals surface area contributed by atoms with Crippen molar-refractivity contribution in [2.45, 2.75) is 23.9 Å². The molecule has 11 heteroatoms. The highest BCUT2D eigenvalue weighted by molar-refractivity contribution is 7.89. The first-order valence-corrected chi connectivity index (χ1v) is 10.3. The monoisotopic (exact) mass is 431 g/mol. The average Bonchev–Trinajstić information content (AvgIpc) is 3.30. The second-order valence-electron chi connectivity index (χ2n) is 6.67. The summed E-state index contributed by atoms with van der Waals surface area (Å²) in [5, 5.41) is 2.54. The van der Waals surface area contributed by atoms with Crippen molar-refractivity contribution in [3.63, 3.8) is 0 Å². The van der Waals surface area contributed by atoms with Crippen molar-refractivity contribution in [2.24, 2.45) is 7.05 Å². The van der Waals surface area contributed by atoms with Crippen LogP contribution in [0.4, 0.5) is 18.9 Å². The van der Waals surface area contributed by atoms with Gasteiger partial charge in [-0.2, -0.15) is 17.5 Å². The fourth-order valence-electron chi connectivity index (χ4n) is 3.00. The molecule has 1 aromatic carbocycles. The van der Waals surface area contributed by atoms with Crippen LogP contribution in [0.5, 0.6) is 5.75 Å². The summed E-state index contributed by atoms with van der Waals surface area (Å²) in [6.45, 7) is -0.549. The fourth-order valence-corrected chi connectivity index (χ4v) is 4.59. The van der Waals surface area contributed by atoms with Crippen molar-refractivity contribution in [3.8, 4) is 5.75 Å². The van der Waals surface area contributed by atoms with Gasteiger partial charge in [0.25, 0.3) is 5.91 Å². The Bertz CT molecular complexity index is 996. The van der Waals surface area contributed by atoms with Gasteiger partial charge in [-0.1, -0.05) is 6.07 Å². The van der Waals surface area contributed by atoms with E-state index >= 15 is 0 Å². The molecule has 0 spiro atoms. The summed E-state index contributed by atoms with van der Waals surface area (Å²) in [6, 6.07) is 6.81. The number of sulfonamides is 1. The van der Waals surface area contributed by atoms with E-state index in [-0.39, 0.29) is 22.0 Å². The van der Waals surface area contributed by atoms with E-state index in [1.165, 1.54) is 45.4 Å². The predicted molar refractivity (Wildman–Crippen MR) is 99.4 cm³/mol. The van der Waals surface area contributed by atoms with Crippen LogP contribution in [0.25, 0.3) is 0 Å². The Balaban J connectivity index is 1.74. The molecule has 1 aliphatic rings. The maximum absolute atomic E-state index is 12.7. The number of hydrogen-bond acceptors (Lipinski definition) is 4. The Hall–Kier alpha value is -2.53. The number of nitrogens with one attached hydrogen (secondary N) is 1. The number of benzene rings is 1. The van der Waals surface area contributed by atoms with Gasteiger partial charge in [-0.25, -0.2) is 8.42 Å². The minimum Gasteiger partial charge on any atom is -0.484 e. The van der Waals surface area contributed by atoms with E-state index in [2.05, 4.69) is 10.1 Å². The van der Waals surface area contributed by atoms with Crippen LogP contribution in [0.15, 0.2) is 41.4 Å². The number of aromatic nitrogens is 1. The van der Waals surface area contributed by atoms with E-state index in [0.29, 0.717) is 13.1 Å². The third kappa shape index (κ3) is 5.10. The molecule has 0 unspecified atom stereocenters. The summed E-state index contributed by atoms with van der Waals surface area (Å²) in [7, 11) is -2.13. The highest BCUT2D eigenvalue weighted by atomic mass is 32.2. The molecular formula is C18H20F3N3O4S. The van der Waals surface area contributed by atoms with Crippen LogP contribution in [-0.4, -0.2) is 49.1 Å². The molecule has 1 aromatic heterocycles.